The van der Waals surface area contributed by atoms with Gasteiger partial charge in [0.1, 0.15) is 5.58 Å². The van der Waals surface area contributed by atoms with Crippen LogP contribution in [0.5, 0.6) is 0 Å². The summed E-state index contributed by atoms with van der Waals surface area (Å²) in [5.41, 5.74) is 3.55. The Morgan fingerprint density at radius 1 is 1.07 bits per heavy atom. The van der Waals surface area contributed by atoms with E-state index >= 15 is 0 Å². The van der Waals surface area contributed by atoms with Gasteiger partial charge in [0.05, 0.1) is 13.2 Å². The highest BCUT2D eigenvalue weighted by atomic mass is 16.5. The van der Waals surface area contributed by atoms with Gasteiger partial charge in [-0.1, -0.05) is 6.07 Å². The molecular formula is C22H28N2O4. The molecule has 0 saturated carbocycles. The highest BCUT2D eigenvalue weighted by molar-refractivity contribution is 5.83. The normalized spacial score (nSPS) is 19.3. The number of piperidine rings is 1. The van der Waals surface area contributed by atoms with Crippen molar-refractivity contribution < 1.29 is 13.9 Å². The zero-order valence-electron chi connectivity index (χ0n) is 16.7. The van der Waals surface area contributed by atoms with Crippen molar-refractivity contribution >= 4 is 16.9 Å². The molecule has 2 saturated heterocycles. The van der Waals surface area contributed by atoms with Crippen LogP contribution in [-0.4, -0.2) is 55.1 Å². The van der Waals surface area contributed by atoms with Gasteiger partial charge in [0, 0.05) is 37.0 Å². The number of hydrogen-bond donors (Lipinski definition) is 0. The van der Waals surface area contributed by atoms with E-state index in [0.717, 1.165) is 48.0 Å². The molecule has 0 radical (unpaired) electrons. The van der Waals surface area contributed by atoms with E-state index in [1.807, 2.05) is 17.9 Å². The molecule has 1 amide bonds. The number of nitrogens with zero attached hydrogens (tertiary/aromatic N) is 2. The summed E-state index contributed by atoms with van der Waals surface area (Å²) >= 11 is 0. The number of aryl methyl sites for hydroxylation is 2. The van der Waals surface area contributed by atoms with Gasteiger partial charge in [-0.3, -0.25) is 9.69 Å². The fourth-order valence-electron chi connectivity index (χ4n) is 4.43. The highest BCUT2D eigenvalue weighted by Gasteiger charge is 2.29. The Kier molecular flexibility index (Phi) is 5.51. The lowest BCUT2D eigenvalue weighted by Crippen LogP contribution is -2.46. The molecule has 1 aromatic heterocycles. The van der Waals surface area contributed by atoms with Crippen LogP contribution in [0.4, 0.5) is 0 Å². The zero-order valence-corrected chi connectivity index (χ0v) is 16.7. The maximum Gasteiger partial charge on any atom is 0.336 e. The van der Waals surface area contributed by atoms with E-state index < -0.39 is 0 Å². The Labute approximate surface area is 165 Å². The van der Waals surface area contributed by atoms with E-state index in [0.29, 0.717) is 38.4 Å². The van der Waals surface area contributed by atoms with Crippen molar-refractivity contribution in [1.29, 1.82) is 0 Å². The second-order valence-electron chi connectivity index (χ2n) is 8.04. The number of amides is 1. The number of benzene rings is 1. The smallest absolute Gasteiger partial charge is 0.336 e. The van der Waals surface area contributed by atoms with Gasteiger partial charge in [-0.15, -0.1) is 0 Å². The molecule has 2 aromatic rings. The molecule has 0 unspecified atom stereocenters. The summed E-state index contributed by atoms with van der Waals surface area (Å²) in [6.45, 7) is 9.20. The van der Waals surface area contributed by atoms with E-state index in [1.54, 1.807) is 6.07 Å². The lowest BCUT2D eigenvalue weighted by Gasteiger charge is -2.35. The van der Waals surface area contributed by atoms with Gasteiger partial charge >= 0.3 is 5.63 Å². The molecule has 150 valence electrons. The minimum Gasteiger partial charge on any atom is -0.422 e. The summed E-state index contributed by atoms with van der Waals surface area (Å²) in [6, 6.07) is 5.75. The summed E-state index contributed by atoms with van der Waals surface area (Å²) in [7, 11) is 0. The Morgan fingerprint density at radius 3 is 2.50 bits per heavy atom. The number of morpholine rings is 1. The number of likely N-dealkylation sites (tertiary alicyclic amines) is 1. The predicted molar refractivity (Wildman–Crippen MR) is 107 cm³/mol. The summed E-state index contributed by atoms with van der Waals surface area (Å²) in [4.78, 5) is 29.1. The standard InChI is InChI=1S/C22H28N2O4/c1-15-11-16(2)21-19(12-15)18(13-20(25)28-21)14-23-5-3-17(4-6-23)22(26)24-7-9-27-10-8-24/h11-13,17H,3-10,14H2,1-2H3. The van der Waals surface area contributed by atoms with Gasteiger partial charge in [0.2, 0.25) is 5.91 Å². The van der Waals surface area contributed by atoms with Crippen LogP contribution in [0.2, 0.25) is 0 Å². The zero-order chi connectivity index (χ0) is 19.7. The SMILES string of the molecule is Cc1cc(C)c2oc(=O)cc(CN3CCC(C(=O)N4CCOCC4)CC3)c2c1. The monoisotopic (exact) mass is 384 g/mol. The van der Waals surface area contributed by atoms with Crippen LogP contribution in [0.25, 0.3) is 11.0 Å². The third kappa shape index (κ3) is 3.98. The minimum atomic E-state index is -0.299. The Morgan fingerprint density at radius 2 is 1.79 bits per heavy atom. The molecule has 2 fully saturated rings. The first-order valence-electron chi connectivity index (χ1n) is 10.1. The second-order valence-corrected chi connectivity index (χ2v) is 8.04. The van der Waals surface area contributed by atoms with E-state index in [-0.39, 0.29) is 17.5 Å². The average molecular weight is 384 g/mol. The number of carbonyl (C=O) groups is 1. The number of rotatable bonds is 3. The average Bonchev–Trinajstić information content (AvgIpc) is 2.69. The number of ether oxygens (including phenoxy) is 1. The van der Waals surface area contributed by atoms with Crippen LogP contribution in [0.15, 0.2) is 27.4 Å². The number of hydrogen-bond acceptors (Lipinski definition) is 5. The first-order valence-corrected chi connectivity index (χ1v) is 10.1. The molecule has 2 aliphatic rings. The molecule has 0 atom stereocenters. The van der Waals surface area contributed by atoms with E-state index in [1.165, 1.54) is 0 Å². The third-order valence-electron chi connectivity index (χ3n) is 5.91. The van der Waals surface area contributed by atoms with Gasteiger partial charge in [-0.05, 0) is 62.5 Å². The second kappa shape index (κ2) is 8.05. The minimum absolute atomic E-state index is 0.108. The first-order chi connectivity index (χ1) is 13.5. The van der Waals surface area contributed by atoms with Crippen molar-refractivity contribution in [1.82, 2.24) is 9.80 Å². The lowest BCUT2D eigenvalue weighted by molar-refractivity contribution is -0.141. The van der Waals surface area contributed by atoms with Crippen molar-refractivity contribution in [3.63, 3.8) is 0 Å². The fourth-order valence-corrected chi connectivity index (χ4v) is 4.43. The van der Waals surface area contributed by atoms with Crippen LogP contribution in [-0.2, 0) is 16.1 Å². The van der Waals surface area contributed by atoms with Crippen molar-refractivity contribution in [2.24, 2.45) is 5.92 Å². The van der Waals surface area contributed by atoms with Gasteiger partial charge in [0.25, 0.3) is 0 Å². The van der Waals surface area contributed by atoms with Crippen molar-refractivity contribution in [3.05, 3.63) is 45.3 Å². The van der Waals surface area contributed by atoms with E-state index in [9.17, 15) is 9.59 Å². The Bertz CT molecular complexity index is 922. The van der Waals surface area contributed by atoms with Crippen LogP contribution in [0.3, 0.4) is 0 Å². The molecule has 28 heavy (non-hydrogen) atoms. The molecule has 3 heterocycles. The molecule has 0 aliphatic carbocycles. The molecule has 6 nitrogen and oxygen atoms in total. The highest BCUT2D eigenvalue weighted by Crippen LogP contribution is 2.26. The van der Waals surface area contributed by atoms with Gasteiger partial charge < -0.3 is 14.1 Å². The van der Waals surface area contributed by atoms with Crippen molar-refractivity contribution in [2.75, 3.05) is 39.4 Å². The maximum absolute atomic E-state index is 12.7. The van der Waals surface area contributed by atoms with Crippen LogP contribution >= 0.6 is 0 Å². The molecule has 0 spiro atoms. The summed E-state index contributed by atoms with van der Waals surface area (Å²) in [5, 5.41) is 1.02. The van der Waals surface area contributed by atoms with Crippen LogP contribution in [0, 0.1) is 19.8 Å². The predicted octanol–water partition coefficient (Wildman–Crippen LogP) is 2.48. The lowest BCUT2D eigenvalue weighted by atomic mass is 9.94. The summed E-state index contributed by atoms with van der Waals surface area (Å²) < 4.78 is 10.8. The van der Waals surface area contributed by atoms with Gasteiger partial charge in [-0.25, -0.2) is 4.79 Å². The van der Waals surface area contributed by atoms with E-state index in [2.05, 4.69) is 17.9 Å². The molecule has 2 aliphatic heterocycles. The Hall–Kier alpha value is -2.18. The third-order valence-corrected chi connectivity index (χ3v) is 5.91. The fraction of sp³-hybridized carbons (Fsp3) is 0.545. The topological polar surface area (TPSA) is 63.0 Å². The summed E-state index contributed by atoms with van der Waals surface area (Å²) in [6.07, 6.45) is 1.74. The molecule has 4 rings (SSSR count). The number of carbonyl (C=O) groups excluding carboxylic acids is 1. The van der Waals surface area contributed by atoms with Crippen LogP contribution < -0.4 is 5.63 Å². The quantitative estimate of drug-likeness (QED) is 0.761. The van der Waals surface area contributed by atoms with Crippen molar-refractivity contribution in [2.45, 2.75) is 33.2 Å². The van der Waals surface area contributed by atoms with Crippen LogP contribution in [0.1, 0.15) is 29.5 Å². The van der Waals surface area contributed by atoms with Crippen molar-refractivity contribution in [3.8, 4) is 0 Å². The molecule has 0 bridgehead atoms. The largest absolute Gasteiger partial charge is 0.422 e. The summed E-state index contributed by atoms with van der Waals surface area (Å²) in [5.74, 6) is 0.386. The maximum atomic E-state index is 12.7. The Balaban J connectivity index is 1.45. The molecule has 1 aromatic carbocycles. The van der Waals surface area contributed by atoms with Gasteiger partial charge in [0.15, 0.2) is 0 Å². The molecule has 0 N–H and O–H groups in total. The molecular weight excluding hydrogens is 356 g/mol. The van der Waals surface area contributed by atoms with Gasteiger partial charge in [-0.2, -0.15) is 0 Å². The molecule has 6 heteroatoms. The number of fused-ring (bicyclic) bond motifs is 1. The van der Waals surface area contributed by atoms with E-state index in [4.69, 9.17) is 9.15 Å². The first kappa shape index (κ1) is 19.2.